The molecule has 1 amide bonds. The highest BCUT2D eigenvalue weighted by Gasteiger charge is 2.11. The number of rotatable bonds is 5. The normalized spacial score (nSPS) is 10.8. The minimum atomic E-state index is 0.106. The molecule has 18 heavy (non-hydrogen) atoms. The number of unbranched alkanes of at least 4 members (excludes halogenated alkanes) is 2. The molecule has 0 saturated carbocycles. The summed E-state index contributed by atoms with van der Waals surface area (Å²) in [5.74, 6) is 0.106. The first-order valence-electron chi connectivity index (χ1n) is 6.55. The third kappa shape index (κ3) is 2.73. The molecule has 96 valence electrons. The van der Waals surface area contributed by atoms with Crippen LogP contribution in [0, 0.1) is 0 Å². The van der Waals surface area contributed by atoms with Gasteiger partial charge >= 0.3 is 0 Å². The van der Waals surface area contributed by atoms with Gasteiger partial charge in [0.05, 0.1) is 0 Å². The van der Waals surface area contributed by atoms with Crippen molar-refractivity contribution in [3.05, 3.63) is 36.0 Å². The van der Waals surface area contributed by atoms with Crippen LogP contribution in [0.25, 0.3) is 10.9 Å². The van der Waals surface area contributed by atoms with E-state index in [9.17, 15) is 4.79 Å². The van der Waals surface area contributed by atoms with Gasteiger partial charge in [-0.1, -0.05) is 19.8 Å². The van der Waals surface area contributed by atoms with Crippen LogP contribution in [-0.2, 0) is 0 Å². The summed E-state index contributed by atoms with van der Waals surface area (Å²) in [7, 11) is 1.87. The van der Waals surface area contributed by atoms with Crippen LogP contribution in [0.15, 0.2) is 30.5 Å². The molecule has 0 bridgehead atoms. The summed E-state index contributed by atoms with van der Waals surface area (Å²) < 4.78 is 0. The number of amides is 1. The van der Waals surface area contributed by atoms with Gasteiger partial charge < -0.3 is 9.88 Å². The van der Waals surface area contributed by atoms with E-state index < -0.39 is 0 Å². The topological polar surface area (TPSA) is 36.1 Å². The Balaban J connectivity index is 2.07. The van der Waals surface area contributed by atoms with Crippen molar-refractivity contribution >= 4 is 16.8 Å². The minimum absolute atomic E-state index is 0.106. The summed E-state index contributed by atoms with van der Waals surface area (Å²) >= 11 is 0. The van der Waals surface area contributed by atoms with Crippen molar-refractivity contribution in [3.8, 4) is 0 Å². The second-order valence-corrected chi connectivity index (χ2v) is 4.71. The molecule has 1 aromatic heterocycles. The van der Waals surface area contributed by atoms with E-state index >= 15 is 0 Å². The number of carbonyl (C=O) groups is 1. The van der Waals surface area contributed by atoms with Crippen molar-refractivity contribution in [1.82, 2.24) is 9.88 Å². The number of benzene rings is 1. The summed E-state index contributed by atoms with van der Waals surface area (Å²) in [6.45, 7) is 3.00. The second-order valence-electron chi connectivity index (χ2n) is 4.71. The molecule has 0 spiro atoms. The zero-order valence-electron chi connectivity index (χ0n) is 11.1. The number of aromatic nitrogens is 1. The summed E-state index contributed by atoms with van der Waals surface area (Å²) in [4.78, 5) is 17.2. The van der Waals surface area contributed by atoms with Crippen LogP contribution in [0.1, 0.15) is 36.5 Å². The van der Waals surface area contributed by atoms with Gasteiger partial charge in [0.25, 0.3) is 5.91 Å². The highest BCUT2D eigenvalue weighted by Crippen LogP contribution is 2.15. The van der Waals surface area contributed by atoms with Crippen LogP contribution in [0.4, 0.5) is 0 Å². The SMILES string of the molecule is CCCCCN(C)C(=O)c1ccc2[nH]ccc2c1. The van der Waals surface area contributed by atoms with E-state index in [4.69, 9.17) is 0 Å². The number of H-pyrrole nitrogens is 1. The first kappa shape index (κ1) is 12.7. The molecule has 2 rings (SSSR count). The molecule has 1 N–H and O–H groups in total. The summed E-state index contributed by atoms with van der Waals surface area (Å²) in [5.41, 5.74) is 1.83. The van der Waals surface area contributed by atoms with E-state index in [1.807, 2.05) is 42.4 Å². The van der Waals surface area contributed by atoms with E-state index in [2.05, 4.69) is 11.9 Å². The molecule has 3 nitrogen and oxygen atoms in total. The van der Waals surface area contributed by atoms with Crippen LogP contribution in [-0.4, -0.2) is 29.4 Å². The zero-order chi connectivity index (χ0) is 13.0. The molecule has 0 aliphatic carbocycles. The van der Waals surface area contributed by atoms with Crippen LogP contribution >= 0.6 is 0 Å². The maximum absolute atomic E-state index is 12.2. The Kier molecular flexibility index (Phi) is 4.03. The molecule has 0 aliphatic heterocycles. The molecule has 3 heteroatoms. The van der Waals surface area contributed by atoms with Crippen LogP contribution < -0.4 is 0 Å². The highest BCUT2D eigenvalue weighted by molar-refractivity contribution is 5.97. The van der Waals surface area contributed by atoms with Gasteiger partial charge in [-0.2, -0.15) is 0 Å². The largest absolute Gasteiger partial charge is 0.361 e. The number of aromatic amines is 1. The van der Waals surface area contributed by atoms with Gasteiger partial charge in [-0.15, -0.1) is 0 Å². The maximum atomic E-state index is 12.2. The molecular formula is C15H20N2O. The van der Waals surface area contributed by atoms with Crippen molar-refractivity contribution in [2.45, 2.75) is 26.2 Å². The Bertz CT molecular complexity index is 530. The molecule has 0 fully saturated rings. The fourth-order valence-electron chi connectivity index (χ4n) is 2.11. The molecule has 1 aromatic carbocycles. The number of nitrogens with zero attached hydrogens (tertiary/aromatic N) is 1. The Morgan fingerprint density at radius 3 is 2.89 bits per heavy atom. The van der Waals surface area contributed by atoms with E-state index in [1.165, 1.54) is 12.8 Å². The third-order valence-electron chi connectivity index (χ3n) is 3.24. The molecule has 1 heterocycles. The number of carbonyl (C=O) groups excluding carboxylic acids is 1. The van der Waals surface area contributed by atoms with Gasteiger partial charge in [0.15, 0.2) is 0 Å². The summed E-state index contributed by atoms with van der Waals surface area (Å²) in [6, 6.07) is 7.79. The third-order valence-corrected chi connectivity index (χ3v) is 3.24. The van der Waals surface area contributed by atoms with Crippen LogP contribution in [0.5, 0.6) is 0 Å². The van der Waals surface area contributed by atoms with Gasteiger partial charge in [-0.25, -0.2) is 0 Å². The lowest BCUT2D eigenvalue weighted by molar-refractivity contribution is 0.0793. The van der Waals surface area contributed by atoms with Gasteiger partial charge in [0.2, 0.25) is 0 Å². The van der Waals surface area contributed by atoms with Gasteiger partial charge in [0, 0.05) is 36.3 Å². The van der Waals surface area contributed by atoms with Crippen molar-refractivity contribution in [1.29, 1.82) is 0 Å². The quantitative estimate of drug-likeness (QED) is 0.804. The lowest BCUT2D eigenvalue weighted by Gasteiger charge is -2.17. The van der Waals surface area contributed by atoms with E-state index in [0.29, 0.717) is 0 Å². The monoisotopic (exact) mass is 244 g/mol. The number of nitrogens with one attached hydrogen (secondary N) is 1. The summed E-state index contributed by atoms with van der Waals surface area (Å²) in [6.07, 6.45) is 5.32. The molecule has 0 saturated heterocycles. The van der Waals surface area contributed by atoms with Crippen molar-refractivity contribution < 1.29 is 4.79 Å². The number of fused-ring (bicyclic) bond motifs is 1. The van der Waals surface area contributed by atoms with Crippen molar-refractivity contribution in [2.75, 3.05) is 13.6 Å². The Hall–Kier alpha value is -1.77. The fourth-order valence-corrected chi connectivity index (χ4v) is 2.11. The highest BCUT2D eigenvalue weighted by atomic mass is 16.2. The number of hydrogen-bond donors (Lipinski definition) is 1. The Morgan fingerprint density at radius 1 is 1.28 bits per heavy atom. The molecule has 2 aromatic rings. The minimum Gasteiger partial charge on any atom is -0.361 e. The predicted octanol–water partition coefficient (Wildman–Crippen LogP) is 3.43. The van der Waals surface area contributed by atoms with Gasteiger partial charge in [-0.3, -0.25) is 4.79 Å². The lowest BCUT2D eigenvalue weighted by Crippen LogP contribution is -2.27. The van der Waals surface area contributed by atoms with Crippen molar-refractivity contribution in [2.24, 2.45) is 0 Å². The van der Waals surface area contributed by atoms with E-state index in [0.717, 1.165) is 29.4 Å². The molecule has 0 atom stereocenters. The average Bonchev–Trinajstić information content (AvgIpc) is 2.85. The van der Waals surface area contributed by atoms with E-state index in [1.54, 1.807) is 0 Å². The zero-order valence-corrected chi connectivity index (χ0v) is 11.1. The number of hydrogen-bond acceptors (Lipinski definition) is 1. The Labute approximate surface area is 108 Å². The Morgan fingerprint density at radius 2 is 2.11 bits per heavy atom. The second kappa shape index (κ2) is 5.71. The lowest BCUT2D eigenvalue weighted by atomic mass is 10.1. The predicted molar refractivity (Wildman–Crippen MR) is 74.8 cm³/mol. The average molecular weight is 244 g/mol. The van der Waals surface area contributed by atoms with Crippen molar-refractivity contribution in [3.63, 3.8) is 0 Å². The first-order valence-corrected chi connectivity index (χ1v) is 6.55. The molecule has 0 unspecified atom stereocenters. The molecule has 0 aliphatic rings. The molecular weight excluding hydrogens is 224 g/mol. The fraction of sp³-hybridized carbons (Fsp3) is 0.400. The smallest absolute Gasteiger partial charge is 0.253 e. The van der Waals surface area contributed by atoms with Gasteiger partial charge in [0.1, 0.15) is 0 Å². The van der Waals surface area contributed by atoms with E-state index in [-0.39, 0.29) is 5.91 Å². The van der Waals surface area contributed by atoms with Crippen LogP contribution in [0.3, 0.4) is 0 Å². The first-order chi connectivity index (χ1) is 8.72. The maximum Gasteiger partial charge on any atom is 0.253 e. The summed E-state index contributed by atoms with van der Waals surface area (Å²) in [5, 5.41) is 1.09. The molecule has 0 radical (unpaired) electrons. The standard InChI is InChI=1S/C15H20N2O/c1-3-4-5-10-17(2)15(18)13-6-7-14-12(11-13)8-9-16-14/h6-9,11,16H,3-5,10H2,1-2H3. The van der Waals surface area contributed by atoms with Crippen LogP contribution in [0.2, 0.25) is 0 Å². The van der Waals surface area contributed by atoms with Gasteiger partial charge in [-0.05, 0) is 30.7 Å².